The van der Waals surface area contributed by atoms with Crippen LogP contribution in [0.2, 0.25) is 0 Å². The fraction of sp³-hybridized carbons (Fsp3) is 0.250. The van der Waals surface area contributed by atoms with Crippen molar-refractivity contribution in [2.24, 2.45) is 0 Å². The fourth-order valence-corrected chi connectivity index (χ4v) is 4.23. The van der Waals surface area contributed by atoms with Crippen LogP contribution in [0.15, 0.2) is 60.7 Å². The minimum absolute atomic E-state index is 0.237. The highest BCUT2D eigenvalue weighted by molar-refractivity contribution is 5.60. The Kier molecular flexibility index (Phi) is 5.14. The first-order valence-corrected chi connectivity index (χ1v) is 10.4. The van der Waals surface area contributed by atoms with Crippen LogP contribution in [0.3, 0.4) is 0 Å². The van der Waals surface area contributed by atoms with Crippen LogP contribution in [0.5, 0.6) is 0 Å². The van der Waals surface area contributed by atoms with Gasteiger partial charge in [-0.15, -0.1) is 10.2 Å². The van der Waals surface area contributed by atoms with Gasteiger partial charge in [0.05, 0.1) is 17.3 Å². The first kappa shape index (κ1) is 19.3. The van der Waals surface area contributed by atoms with Gasteiger partial charge in [0.25, 0.3) is 0 Å². The molecule has 0 unspecified atom stereocenters. The zero-order valence-electron chi connectivity index (χ0n) is 16.9. The summed E-state index contributed by atoms with van der Waals surface area (Å²) in [5.41, 5.74) is 3.50. The van der Waals surface area contributed by atoms with Crippen molar-refractivity contribution in [1.29, 1.82) is 5.26 Å². The van der Waals surface area contributed by atoms with E-state index in [1.807, 2.05) is 30.3 Å². The number of rotatable bonds is 4. The molecule has 0 amide bonds. The zero-order chi connectivity index (χ0) is 21.2. The minimum atomic E-state index is -0.296. The number of hydrogen-bond donors (Lipinski definition) is 0. The Labute approximate surface area is 179 Å². The number of benzene rings is 2. The predicted octanol–water partition coefficient (Wildman–Crippen LogP) is 4.18. The molecule has 4 aromatic rings. The zero-order valence-corrected chi connectivity index (χ0v) is 16.9. The van der Waals surface area contributed by atoms with Gasteiger partial charge in [0, 0.05) is 18.0 Å². The second kappa shape index (κ2) is 8.25. The van der Waals surface area contributed by atoms with E-state index in [4.69, 9.17) is 0 Å². The van der Waals surface area contributed by atoms with Gasteiger partial charge in [-0.05, 0) is 61.8 Å². The average Bonchev–Trinajstić information content (AvgIpc) is 3.23. The van der Waals surface area contributed by atoms with Crippen LogP contribution in [-0.4, -0.2) is 37.8 Å². The Bertz CT molecular complexity index is 1270. The van der Waals surface area contributed by atoms with Crippen molar-refractivity contribution >= 4 is 5.65 Å². The molecular formula is C24H21FN6. The lowest BCUT2D eigenvalue weighted by molar-refractivity contribution is 0.200. The van der Waals surface area contributed by atoms with Crippen molar-refractivity contribution in [3.05, 3.63) is 83.4 Å². The fourth-order valence-electron chi connectivity index (χ4n) is 4.23. The Morgan fingerprint density at radius 1 is 0.968 bits per heavy atom. The highest BCUT2D eigenvalue weighted by Crippen LogP contribution is 2.29. The molecule has 0 bridgehead atoms. The number of piperidine rings is 1. The molecule has 2 aromatic carbocycles. The van der Waals surface area contributed by atoms with Gasteiger partial charge in [-0.3, -0.25) is 4.90 Å². The van der Waals surface area contributed by atoms with Gasteiger partial charge in [-0.2, -0.15) is 14.9 Å². The lowest BCUT2D eigenvalue weighted by Gasteiger charge is -2.31. The van der Waals surface area contributed by atoms with E-state index in [9.17, 15) is 9.65 Å². The molecule has 0 saturated carbocycles. The van der Waals surface area contributed by atoms with Gasteiger partial charge in [-0.25, -0.2) is 4.39 Å². The van der Waals surface area contributed by atoms with Crippen molar-refractivity contribution < 1.29 is 4.39 Å². The molecule has 0 aliphatic carbocycles. The molecule has 0 N–H and O–H groups in total. The third-order valence-electron chi connectivity index (χ3n) is 5.92. The Morgan fingerprint density at radius 3 is 2.55 bits per heavy atom. The van der Waals surface area contributed by atoms with Gasteiger partial charge in [0.15, 0.2) is 11.5 Å². The molecule has 2 aromatic heterocycles. The average molecular weight is 412 g/mol. The summed E-state index contributed by atoms with van der Waals surface area (Å²) in [5.74, 6) is 0.765. The highest BCUT2D eigenvalue weighted by Gasteiger charge is 2.25. The first-order valence-electron chi connectivity index (χ1n) is 10.4. The summed E-state index contributed by atoms with van der Waals surface area (Å²) in [5, 5.41) is 22.6. The van der Waals surface area contributed by atoms with Gasteiger partial charge < -0.3 is 0 Å². The number of hydrogen-bond acceptors (Lipinski definition) is 5. The third kappa shape index (κ3) is 3.78. The van der Waals surface area contributed by atoms with Crippen LogP contribution < -0.4 is 0 Å². The lowest BCUT2D eigenvalue weighted by Crippen LogP contribution is -2.33. The molecule has 5 rings (SSSR count). The highest BCUT2D eigenvalue weighted by atomic mass is 19.1. The monoisotopic (exact) mass is 412 g/mol. The summed E-state index contributed by atoms with van der Waals surface area (Å²) in [7, 11) is 0. The molecule has 6 nitrogen and oxygen atoms in total. The third-order valence-corrected chi connectivity index (χ3v) is 5.92. The molecule has 1 saturated heterocycles. The maximum Gasteiger partial charge on any atom is 0.177 e. The van der Waals surface area contributed by atoms with E-state index in [0.29, 0.717) is 16.9 Å². The summed E-state index contributed by atoms with van der Waals surface area (Å²) in [6.07, 6.45) is 1.86. The standard InChI is InChI=1S/C24H21FN6/c25-21-8-4-3-7-20(21)22-9-10-23-27-28-24(31(23)29-22)17-11-13-30(14-12-17)16-19-6-2-1-5-18(19)15-26/h1-10,17H,11-14,16H2. The second-order valence-electron chi connectivity index (χ2n) is 7.85. The molecule has 1 fully saturated rings. The topological polar surface area (TPSA) is 70.1 Å². The van der Waals surface area contributed by atoms with Gasteiger partial charge in [0.1, 0.15) is 5.82 Å². The number of likely N-dealkylation sites (tertiary alicyclic amines) is 1. The molecule has 0 spiro atoms. The summed E-state index contributed by atoms with van der Waals surface area (Å²) >= 11 is 0. The molecule has 0 radical (unpaired) electrons. The van der Waals surface area contributed by atoms with Crippen LogP contribution in [0.4, 0.5) is 4.39 Å². The van der Waals surface area contributed by atoms with Crippen molar-refractivity contribution in [3.63, 3.8) is 0 Å². The Balaban J connectivity index is 1.35. The van der Waals surface area contributed by atoms with Crippen molar-refractivity contribution in [3.8, 4) is 17.3 Å². The van der Waals surface area contributed by atoms with E-state index in [0.717, 1.165) is 49.4 Å². The van der Waals surface area contributed by atoms with Crippen LogP contribution >= 0.6 is 0 Å². The summed E-state index contributed by atoms with van der Waals surface area (Å²) in [4.78, 5) is 2.37. The number of halogens is 1. The van der Waals surface area contributed by atoms with Crippen LogP contribution in [0.25, 0.3) is 16.9 Å². The molecule has 154 valence electrons. The summed E-state index contributed by atoms with van der Waals surface area (Å²) < 4.78 is 16.0. The number of aromatic nitrogens is 4. The van der Waals surface area contributed by atoms with Crippen LogP contribution in [0.1, 0.15) is 35.7 Å². The predicted molar refractivity (Wildman–Crippen MR) is 115 cm³/mol. The number of nitriles is 1. The Hall–Kier alpha value is -3.63. The SMILES string of the molecule is N#Cc1ccccc1CN1CCC(c2nnc3ccc(-c4ccccc4F)nn23)CC1. The summed E-state index contributed by atoms with van der Waals surface area (Å²) in [6.45, 7) is 2.59. The van der Waals surface area contributed by atoms with Crippen molar-refractivity contribution in [2.45, 2.75) is 25.3 Å². The molecular weight excluding hydrogens is 391 g/mol. The van der Waals surface area contributed by atoms with E-state index in [1.54, 1.807) is 28.8 Å². The van der Waals surface area contributed by atoms with E-state index in [2.05, 4.69) is 26.3 Å². The quantitative estimate of drug-likeness (QED) is 0.503. The van der Waals surface area contributed by atoms with Gasteiger partial charge in [0.2, 0.25) is 0 Å². The molecule has 7 heteroatoms. The smallest absolute Gasteiger partial charge is 0.177 e. The largest absolute Gasteiger partial charge is 0.299 e. The first-order chi connectivity index (χ1) is 15.2. The van der Waals surface area contributed by atoms with Crippen LogP contribution in [0, 0.1) is 17.1 Å². The van der Waals surface area contributed by atoms with Gasteiger partial charge >= 0.3 is 0 Å². The Morgan fingerprint density at radius 2 is 1.74 bits per heavy atom. The maximum atomic E-state index is 14.2. The van der Waals surface area contributed by atoms with Gasteiger partial charge in [-0.1, -0.05) is 30.3 Å². The molecule has 0 atom stereocenters. The second-order valence-corrected chi connectivity index (χ2v) is 7.85. The van der Waals surface area contributed by atoms with Crippen molar-refractivity contribution in [2.75, 3.05) is 13.1 Å². The number of nitrogens with zero attached hydrogens (tertiary/aromatic N) is 6. The van der Waals surface area contributed by atoms with E-state index >= 15 is 0 Å². The number of fused-ring (bicyclic) bond motifs is 1. The van der Waals surface area contributed by atoms with E-state index in [-0.39, 0.29) is 11.7 Å². The molecule has 1 aliphatic heterocycles. The molecule has 3 heterocycles. The van der Waals surface area contributed by atoms with E-state index in [1.165, 1.54) is 6.07 Å². The van der Waals surface area contributed by atoms with Crippen LogP contribution in [-0.2, 0) is 6.54 Å². The normalized spacial score (nSPS) is 15.2. The lowest BCUT2D eigenvalue weighted by atomic mass is 9.95. The van der Waals surface area contributed by atoms with E-state index < -0.39 is 0 Å². The summed E-state index contributed by atoms with van der Waals surface area (Å²) in [6, 6.07) is 20.3. The van der Waals surface area contributed by atoms with Crippen molar-refractivity contribution in [1.82, 2.24) is 24.7 Å². The minimum Gasteiger partial charge on any atom is -0.299 e. The maximum absolute atomic E-state index is 14.2. The molecule has 31 heavy (non-hydrogen) atoms. The molecule has 1 aliphatic rings.